The zero-order valence-electron chi connectivity index (χ0n) is 12.2. The van der Waals surface area contributed by atoms with Crippen LogP contribution in [0.4, 0.5) is 0 Å². The summed E-state index contributed by atoms with van der Waals surface area (Å²) in [6, 6.07) is 10.00. The van der Waals surface area contributed by atoms with Gasteiger partial charge in [-0.05, 0) is 62.8 Å². The molecule has 20 heavy (non-hydrogen) atoms. The highest BCUT2D eigenvalue weighted by Gasteiger charge is 2.35. The molecule has 1 aromatic carbocycles. The Kier molecular flexibility index (Phi) is 4.65. The van der Waals surface area contributed by atoms with Crippen molar-refractivity contribution < 1.29 is 0 Å². The van der Waals surface area contributed by atoms with Gasteiger partial charge < -0.3 is 10.6 Å². The fourth-order valence-corrected chi connectivity index (χ4v) is 4.15. The fraction of sp³-hybridized carbons (Fsp3) is 0.647. The molecule has 1 saturated carbocycles. The lowest BCUT2D eigenvalue weighted by Gasteiger charge is -2.29. The minimum absolute atomic E-state index is 0.376. The summed E-state index contributed by atoms with van der Waals surface area (Å²) in [4.78, 5) is 0. The van der Waals surface area contributed by atoms with Crippen LogP contribution in [0.5, 0.6) is 0 Å². The first-order chi connectivity index (χ1) is 9.74. The molecular formula is C17H25ClN2. The van der Waals surface area contributed by atoms with E-state index in [-0.39, 0.29) is 0 Å². The quantitative estimate of drug-likeness (QED) is 0.879. The van der Waals surface area contributed by atoms with Gasteiger partial charge in [0.05, 0.1) is 0 Å². The van der Waals surface area contributed by atoms with E-state index in [9.17, 15) is 0 Å². The van der Waals surface area contributed by atoms with Crippen LogP contribution < -0.4 is 10.6 Å². The summed E-state index contributed by atoms with van der Waals surface area (Å²) < 4.78 is 0. The van der Waals surface area contributed by atoms with Crippen molar-refractivity contribution in [1.29, 1.82) is 0 Å². The zero-order valence-corrected chi connectivity index (χ0v) is 13.0. The summed E-state index contributed by atoms with van der Waals surface area (Å²) in [5.74, 6) is 0.805. The summed E-state index contributed by atoms with van der Waals surface area (Å²) >= 11 is 6.10. The number of halogens is 1. The number of hydrogen-bond donors (Lipinski definition) is 2. The Balaban J connectivity index is 1.64. The molecule has 2 nitrogen and oxygen atoms in total. The molecule has 1 heterocycles. The van der Waals surface area contributed by atoms with E-state index in [1.165, 1.54) is 44.2 Å². The van der Waals surface area contributed by atoms with Gasteiger partial charge in [-0.1, -0.05) is 30.2 Å². The molecule has 0 bridgehead atoms. The maximum atomic E-state index is 6.10. The van der Waals surface area contributed by atoms with Crippen LogP contribution >= 0.6 is 11.6 Å². The molecule has 1 saturated heterocycles. The average molecular weight is 293 g/mol. The SMILES string of the molecule is C[C@H](NC1CCCC1C1CCCN1)c1cccc(Cl)c1. The molecule has 0 aromatic heterocycles. The third-order valence-electron chi connectivity index (χ3n) is 5.00. The minimum atomic E-state index is 0.376. The highest BCUT2D eigenvalue weighted by atomic mass is 35.5. The lowest BCUT2D eigenvalue weighted by Crippen LogP contribution is -2.42. The van der Waals surface area contributed by atoms with Gasteiger partial charge in [0.2, 0.25) is 0 Å². The molecular weight excluding hydrogens is 268 g/mol. The van der Waals surface area contributed by atoms with Crippen LogP contribution in [0.25, 0.3) is 0 Å². The zero-order chi connectivity index (χ0) is 13.9. The molecule has 0 radical (unpaired) electrons. The third kappa shape index (κ3) is 3.19. The highest BCUT2D eigenvalue weighted by Crippen LogP contribution is 2.33. The maximum absolute atomic E-state index is 6.10. The molecule has 3 unspecified atom stereocenters. The summed E-state index contributed by atoms with van der Waals surface area (Å²) in [5.41, 5.74) is 1.29. The molecule has 1 aliphatic carbocycles. The Bertz CT molecular complexity index is 442. The minimum Gasteiger partial charge on any atom is -0.314 e. The maximum Gasteiger partial charge on any atom is 0.0409 e. The van der Waals surface area contributed by atoms with Crippen molar-refractivity contribution in [1.82, 2.24) is 10.6 Å². The standard InChI is InChI=1S/C17H25ClN2/c1-12(13-5-2-6-14(18)11-13)20-17-8-3-7-15(17)16-9-4-10-19-16/h2,5-6,11-12,15-17,19-20H,3-4,7-10H2,1H3/t12-,15?,16?,17?/m0/s1. The Morgan fingerprint density at radius 1 is 1.25 bits per heavy atom. The van der Waals surface area contributed by atoms with Gasteiger partial charge in [-0.25, -0.2) is 0 Å². The molecule has 3 heteroatoms. The third-order valence-corrected chi connectivity index (χ3v) is 5.23. The van der Waals surface area contributed by atoms with Gasteiger partial charge in [0.1, 0.15) is 0 Å². The van der Waals surface area contributed by atoms with Crippen molar-refractivity contribution in [3.63, 3.8) is 0 Å². The van der Waals surface area contributed by atoms with Crippen LogP contribution in [0, 0.1) is 5.92 Å². The monoisotopic (exact) mass is 292 g/mol. The van der Waals surface area contributed by atoms with E-state index in [0.717, 1.165) is 17.0 Å². The second-order valence-corrected chi connectivity index (χ2v) is 6.78. The van der Waals surface area contributed by atoms with Gasteiger partial charge in [-0.15, -0.1) is 0 Å². The number of rotatable bonds is 4. The smallest absolute Gasteiger partial charge is 0.0409 e. The molecule has 4 atom stereocenters. The molecule has 3 rings (SSSR count). The van der Waals surface area contributed by atoms with E-state index in [0.29, 0.717) is 12.1 Å². The summed E-state index contributed by atoms with van der Waals surface area (Å²) in [6.45, 7) is 3.46. The highest BCUT2D eigenvalue weighted by molar-refractivity contribution is 6.30. The van der Waals surface area contributed by atoms with Crippen molar-refractivity contribution in [3.8, 4) is 0 Å². The second-order valence-electron chi connectivity index (χ2n) is 6.35. The molecule has 0 spiro atoms. The van der Waals surface area contributed by atoms with Crippen LogP contribution in [-0.2, 0) is 0 Å². The topological polar surface area (TPSA) is 24.1 Å². The molecule has 1 aliphatic heterocycles. The van der Waals surface area contributed by atoms with E-state index in [1.807, 2.05) is 12.1 Å². The summed E-state index contributed by atoms with van der Waals surface area (Å²) in [7, 11) is 0. The van der Waals surface area contributed by atoms with E-state index in [4.69, 9.17) is 11.6 Å². The van der Waals surface area contributed by atoms with Gasteiger partial charge in [-0.3, -0.25) is 0 Å². The molecule has 2 aliphatic rings. The molecule has 110 valence electrons. The molecule has 2 N–H and O–H groups in total. The lowest BCUT2D eigenvalue weighted by atomic mass is 9.92. The predicted octanol–water partition coefficient (Wildman–Crippen LogP) is 3.91. The number of benzene rings is 1. The fourth-order valence-electron chi connectivity index (χ4n) is 3.95. The normalized spacial score (nSPS) is 31.6. The predicted molar refractivity (Wildman–Crippen MR) is 85.2 cm³/mol. The Labute approximate surface area is 127 Å². The molecule has 0 amide bonds. The van der Waals surface area contributed by atoms with E-state index in [2.05, 4.69) is 29.7 Å². The van der Waals surface area contributed by atoms with Crippen LogP contribution in [-0.4, -0.2) is 18.6 Å². The van der Waals surface area contributed by atoms with Gasteiger partial charge in [0.15, 0.2) is 0 Å². The summed E-state index contributed by atoms with van der Waals surface area (Å²) in [6.07, 6.45) is 6.75. The summed E-state index contributed by atoms with van der Waals surface area (Å²) in [5, 5.41) is 8.37. The van der Waals surface area contributed by atoms with Gasteiger partial charge in [0, 0.05) is 23.1 Å². The van der Waals surface area contributed by atoms with Crippen LogP contribution in [0.2, 0.25) is 5.02 Å². The number of nitrogens with one attached hydrogen (secondary N) is 2. The Morgan fingerprint density at radius 2 is 2.15 bits per heavy atom. The van der Waals surface area contributed by atoms with E-state index < -0.39 is 0 Å². The van der Waals surface area contributed by atoms with Gasteiger partial charge >= 0.3 is 0 Å². The first-order valence-corrected chi connectivity index (χ1v) is 8.37. The van der Waals surface area contributed by atoms with Gasteiger partial charge in [0.25, 0.3) is 0 Å². The van der Waals surface area contributed by atoms with Crippen LogP contribution in [0.15, 0.2) is 24.3 Å². The molecule has 1 aromatic rings. The second kappa shape index (κ2) is 6.46. The van der Waals surface area contributed by atoms with Crippen LogP contribution in [0.3, 0.4) is 0 Å². The van der Waals surface area contributed by atoms with Crippen molar-refractivity contribution >= 4 is 11.6 Å². The van der Waals surface area contributed by atoms with Crippen LogP contribution in [0.1, 0.15) is 50.6 Å². The Hall–Kier alpha value is -0.570. The average Bonchev–Trinajstić information content (AvgIpc) is 3.08. The van der Waals surface area contributed by atoms with Crippen molar-refractivity contribution in [2.45, 2.75) is 57.2 Å². The van der Waals surface area contributed by atoms with Crippen molar-refractivity contribution in [3.05, 3.63) is 34.9 Å². The number of hydrogen-bond acceptors (Lipinski definition) is 2. The first kappa shape index (κ1) is 14.4. The molecule has 2 fully saturated rings. The lowest BCUT2D eigenvalue weighted by molar-refractivity contribution is 0.303. The van der Waals surface area contributed by atoms with Gasteiger partial charge in [-0.2, -0.15) is 0 Å². The van der Waals surface area contributed by atoms with Crippen molar-refractivity contribution in [2.24, 2.45) is 5.92 Å². The first-order valence-electron chi connectivity index (χ1n) is 7.99. The largest absolute Gasteiger partial charge is 0.314 e. The van der Waals surface area contributed by atoms with E-state index >= 15 is 0 Å². The van der Waals surface area contributed by atoms with Crippen molar-refractivity contribution in [2.75, 3.05) is 6.54 Å². The Morgan fingerprint density at radius 3 is 2.90 bits per heavy atom. The van der Waals surface area contributed by atoms with E-state index in [1.54, 1.807) is 0 Å².